The van der Waals surface area contributed by atoms with E-state index in [0.717, 1.165) is 42.1 Å². The summed E-state index contributed by atoms with van der Waals surface area (Å²) in [5.74, 6) is 1.56. The SMILES string of the molecule is CC1CC(C)CN(C(=O)Cn2c(SCC(=O)NC3CC3)nc3ccccc32)C1. The average molecular weight is 401 g/mol. The van der Waals surface area contributed by atoms with Gasteiger partial charge in [0.15, 0.2) is 5.16 Å². The third-order valence-electron chi connectivity index (χ3n) is 5.41. The van der Waals surface area contributed by atoms with E-state index < -0.39 is 0 Å². The molecule has 4 rings (SSSR count). The highest BCUT2D eigenvalue weighted by Crippen LogP contribution is 2.26. The number of carbonyl (C=O) groups excluding carboxylic acids is 2. The molecule has 0 bridgehead atoms. The number of rotatable bonds is 6. The predicted octanol–water partition coefficient (Wildman–Crippen LogP) is 2.91. The fourth-order valence-electron chi connectivity index (χ4n) is 4.05. The second-order valence-electron chi connectivity index (χ2n) is 8.34. The van der Waals surface area contributed by atoms with E-state index in [4.69, 9.17) is 0 Å². The number of thioether (sulfide) groups is 1. The van der Waals surface area contributed by atoms with Crippen LogP contribution in [-0.2, 0) is 16.1 Å². The number of piperidine rings is 1. The number of hydrogen-bond acceptors (Lipinski definition) is 4. The number of para-hydroxylation sites is 2. The number of imidazole rings is 1. The molecule has 6 nitrogen and oxygen atoms in total. The Morgan fingerprint density at radius 1 is 1.18 bits per heavy atom. The van der Waals surface area contributed by atoms with Gasteiger partial charge in [0.2, 0.25) is 11.8 Å². The first-order valence-corrected chi connectivity index (χ1v) is 11.1. The average Bonchev–Trinajstić information content (AvgIpc) is 3.40. The second-order valence-corrected chi connectivity index (χ2v) is 9.29. The van der Waals surface area contributed by atoms with Gasteiger partial charge >= 0.3 is 0 Å². The molecule has 7 heteroatoms. The zero-order chi connectivity index (χ0) is 19.7. The minimum Gasteiger partial charge on any atom is -0.353 e. The molecule has 1 aromatic heterocycles. The summed E-state index contributed by atoms with van der Waals surface area (Å²) < 4.78 is 1.97. The molecule has 1 aliphatic heterocycles. The van der Waals surface area contributed by atoms with Crippen LogP contribution in [0, 0.1) is 11.8 Å². The van der Waals surface area contributed by atoms with Gasteiger partial charge in [-0.3, -0.25) is 9.59 Å². The van der Waals surface area contributed by atoms with Crippen molar-refractivity contribution in [1.29, 1.82) is 0 Å². The van der Waals surface area contributed by atoms with Crippen LogP contribution >= 0.6 is 11.8 Å². The molecule has 2 amide bonds. The quantitative estimate of drug-likeness (QED) is 0.757. The Morgan fingerprint density at radius 3 is 2.61 bits per heavy atom. The molecule has 150 valence electrons. The number of likely N-dealkylation sites (tertiary alicyclic amines) is 1. The lowest BCUT2D eigenvalue weighted by Crippen LogP contribution is -2.44. The summed E-state index contributed by atoms with van der Waals surface area (Å²) in [6.07, 6.45) is 3.33. The van der Waals surface area contributed by atoms with E-state index in [0.29, 0.717) is 23.6 Å². The van der Waals surface area contributed by atoms with E-state index in [-0.39, 0.29) is 18.4 Å². The van der Waals surface area contributed by atoms with Gasteiger partial charge in [-0.05, 0) is 43.2 Å². The monoisotopic (exact) mass is 400 g/mol. The van der Waals surface area contributed by atoms with Crippen LogP contribution < -0.4 is 5.32 Å². The molecule has 1 aromatic carbocycles. The maximum atomic E-state index is 13.0. The van der Waals surface area contributed by atoms with Crippen molar-refractivity contribution in [2.45, 2.75) is 50.9 Å². The van der Waals surface area contributed by atoms with Crippen molar-refractivity contribution in [1.82, 2.24) is 19.8 Å². The smallest absolute Gasteiger partial charge is 0.242 e. The summed E-state index contributed by atoms with van der Waals surface area (Å²) >= 11 is 1.41. The molecule has 1 saturated carbocycles. The van der Waals surface area contributed by atoms with Crippen LogP contribution in [0.25, 0.3) is 11.0 Å². The van der Waals surface area contributed by atoms with Crippen LogP contribution in [0.2, 0.25) is 0 Å². The summed E-state index contributed by atoms with van der Waals surface area (Å²) in [6, 6.07) is 8.21. The molecular weight excluding hydrogens is 372 g/mol. The third-order valence-corrected chi connectivity index (χ3v) is 6.39. The number of amides is 2. The molecule has 2 aliphatic rings. The van der Waals surface area contributed by atoms with Gasteiger partial charge in [0.25, 0.3) is 0 Å². The molecule has 2 heterocycles. The summed E-state index contributed by atoms with van der Waals surface area (Å²) in [4.78, 5) is 31.8. The molecule has 1 saturated heterocycles. The molecule has 0 spiro atoms. The number of hydrogen-bond donors (Lipinski definition) is 1. The Kier molecular flexibility index (Phi) is 5.62. The van der Waals surface area contributed by atoms with Crippen molar-refractivity contribution in [2.75, 3.05) is 18.8 Å². The van der Waals surface area contributed by atoms with Crippen molar-refractivity contribution >= 4 is 34.6 Å². The summed E-state index contributed by atoms with van der Waals surface area (Å²) in [5, 5.41) is 3.74. The Balaban J connectivity index is 1.50. The Bertz CT molecular complexity index is 866. The van der Waals surface area contributed by atoms with Crippen LogP contribution in [0.4, 0.5) is 0 Å². The molecule has 28 heavy (non-hydrogen) atoms. The van der Waals surface area contributed by atoms with Gasteiger partial charge in [0, 0.05) is 19.1 Å². The highest BCUT2D eigenvalue weighted by atomic mass is 32.2. The molecule has 2 atom stereocenters. The maximum Gasteiger partial charge on any atom is 0.242 e. The van der Waals surface area contributed by atoms with Crippen molar-refractivity contribution in [2.24, 2.45) is 11.8 Å². The fourth-order valence-corrected chi connectivity index (χ4v) is 4.87. The van der Waals surface area contributed by atoms with Crippen LogP contribution in [-0.4, -0.2) is 51.1 Å². The number of fused-ring (bicyclic) bond motifs is 1. The molecule has 1 aliphatic carbocycles. The molecule has 1 N–H and O–H groups in total. The van der Waals surface area contributed by atoms with Crippen LogP contribution in [0.5, 0.6) is 0 Å². The van der Waals surface area contributed by atoms with E-state index in [9.17, 15) is 9.59 Å². The first-order chi connectivity index (χ1) is 13.5. The predicted molar refractivity (Wildman–Crippen MR) is 111 cm³/mol. The fraction of sp³-hybridized carbons (Fsp3) is 0.571. The van der Waals surface area contributed by atoms with Crippen LogP contribution in [0.3, 0.4) is 0 Å². The lowest BCUT2D eigenvalue weighted by Gasteiger charge is -2.35. The van der Waals surface area contributed by atoms with Gasteiger partial charge in [-0.1, -0.05) is 37.7 Å². The van der Waals surface area contributed by atoms with Gasteiger partial charge in [0.1, 0.15) is 6.54 Å². The Labute approximate surface area is 170 Å². The van der Waals surface area contributed by atoms with Crippen molar-refractivity contribution < 1.29 is 9.59 Å². The van der Waals surface area contributed by atoms with E-state index in [1.807, 2.05) is 33.7 Å². The Morgan fingerprint density at radius 2 is 1.89 bits per heavy atom. The zero-order valence-electron chi connectivity index (χ0n) is 16.6. The molecule has 2 aromatic rings. The van der Waals surface area contributed by atoms with E-state index in [2.05, 4.69) is 24.1 Å². The summed E-state index contributed by atoms with van der Waals surface area (Å²) in [5.41, 5.74) is 1.81. The maximum absolute atomic E-state index is 13.0. The number of benzene rings is 1. The number of carbonyl (C=O) groups is 2. The Hall–Kier alpha value is -2.02. The lowest BCUT2D eigenvalue weighted by atomic mass is 9.92. The first kappa shape index (κ1) is 19.3. The van der Waals surface area contributed by atoms with Gasteiger partial charge in [-0.15, -0.1) is 0 Å². The largest absolute Gasteiger partial charge is 0.353 e. The first-order valence-electron chi connectivity index (χ1n) is 10.1. The molecule has 0 radical (unpaired) electrons. The van der Waals surface area contributed by atoms with E-state index in [1.54, 1.807) is 0 Å². The minimum atomic E-state index is 0.0381. The zero-order valence-corrected chi connectivity index (χ0v) is 17.4. The van der Waals surface area contributed by atoms with Gasteiger partial charge in [-0.2, -0.15) is 0 Å². The summed E-state index contributed by atoms with van der Waals surface area (Å²) in [6.45, 7) is 6.33. The van der Waals surface area contributed by atoms with Crippen molar-refractivity contribution in [3.05, 3.63) is 24.3 Å². The number of nitrogens with one attached hydrogen (secondary N) is 1. The highest BCUT2D eigenvalue weighted by Gasteiger charge is 2.27. The minimum absolute atomic E-state index is 0.0381. The van der Waals surface area contributed by atoms with Crippen molar-refractivity contribution in [3.8, 4) is 0 Å². The second kappa shape index (κ2) is 8.15. The van der Waals surface area contributed by atoms with Gasteiger partial charge in [0.05, 0.1) is 16.8 Å². The van der Waals surface area contributed by atoms with Gasteiger partial charge in [-0.25, -0.2) is 4.98 Å². The van der Waals surface area contributed by atoms with Gasteiger partial charge < -0.3 is 14.8 Å². The topological polar surface area (TPSA) is 67.2 Å². The molecule has 2 fully saturated rings. The van der Waals surface area contributed by atoms with Crippen LogP contribution in [0.1, 0.15) is 33.1 Å². The highest BCUT2D eigenvalue weighted by molar-refractivity contribution is 7.99. The lowest BCUT2D eigenvalue weighted by molar-refractivity contribution is -0.134. The van der Waals surface area contributed by atoms with Crippen molar-refractivity contribution in [3.63, 3.8) is 0 Å². The number of aromatic nitrogens is 2. The molecule has 2 unspecified atom stereocenters. The van der Waals surface area contributed by atoms with Crippen LogP contribution in [0.15, 0.2) is 29.4 Å². The van der Waals surface area contributed by atoms with E-state index >= 15 is 0 Å². The molecular formula is C21H28N4O2S. The third kappa shape index (κ3) is 4.51. The normalized spacial score (nSPS) is 22.4. The summed E-state index contributed by atoms with van der Waals surface area (Å²) in [7, 11) is 0. The number of nitrogens with zero attached hydrogens (tertiary/aromatic N) is 3. The standard InChI is InChI=1S/C21H28N4O2S/c1-14-9-15(2)11-24(10-14)20(27)12-25-18-6-4-3-5-17(18)23-21(25)28-13-19(26)22-16-7-8-16/h3-6,14-16H,7-13H2,1-2H3,(H,22,26). The van der Waals surface area contributed by atoms with E-state index in [1.165, 1.54) is 18.2 Å².